The minimum absolute atomic E-state index is 0.149. The van der Waals surface area contributed by atoms with Crippen LogP contribution in [-0.4, -0.2) is 5.78 Å². The standard InChI is InChI=1S/C16H18O/c17-16(13-7-2-1-3-8-13)15-11-10-12-6-4-5-9-14(12)15/h4-7,9,15H,1-3,8,10-11H2. The maximum atomic E-state index is 12.5. The van der Waals surface area contributed by atoms with Gasteiger partial charge in [0.2, 0.25) is 0 Å². The number of allylic oxidation sites excluding steroid dienone is 2. The maximum absolute atomic E-state index is 12.5. The van der Waals surface area contributed by atoms with Crippen LogP contribution < -0.4 is 0 Å². The molecule has 1 nitrogen and oxygen atoms in total. The third kappa shape index (κ3) is 1.95. The number of ketones is 1. The number of carbonyl (C=O) groups is 1. The fourth-order valence-corrected chi connectivity index (χ4v) is 3.12. The Bertz CT molecular complexity index is 470. The molecule has 0 spiro atoms. The minimum Gasteiger partial charge on any atom is -0.294 e. The molecule has 1 atom stereocenters. The van der Waals surface area contributed by atoms with Crippen molar-refractivity contribution in [3.05, 3.63) is 47.0 Å². The van der Waals surface area contributed by atoms with Crippen LogP contribution in [0.15, 0.2) is 35.9 Å². The zero-order valence-electron chi connectivity index (χ0n) is 10.1. The van der Waals surface area contributed by atoms with Gasteiger partial charge in [-0.2, -0.15) is 0 Å². The average molecular weight is 226 g/mol. The maximum Gasteiger partial charge on any atom is 0.165 e. The first-order chi connectivity index (χ1) is 8.36. The number of aryl methyl sites for hydroxylation is 1. The SMILES string of the molecule is O=C(C1=CCCCC1)C1CCc2ccccc21. The van der Waals surface area contributed by atoms with Crippen molar-refractivity contribution in [3.63, 3.8) is 0 Å². The van der Waals surface area contributed by atoms with Crippen molar-refractivity contribution in [1.82, 2.24) is 0 Å². The van der Waals surface area contributed by atoms with Gasteiger partial charge in [-0.05, 0) is 55.2 Å². The Morgan fingerprint density at radius 1 is 1.12 bits per heavy atom. The normalized spacial score (nSPS) is 23.1. The Morgan fingerprint density at radius 2 is 2.00 bits per heavy atom. The van der Waals surface area contributed by atoms with E-state index in [1.165, 1.54) is 24.0 Å². The largest absolute Gasteiger partial charge is 0.294 e. The molecule has 0 saturated heterocycles. The number of Topliss-reactive ketones (excluding diaryl/α,β-unsaturated/α-hetero) is 1. The summed E-state index contributed by atoms with van der Waals surface area (Å²) in [5.74, 6) is 0.546. The second-order valence-electron chi connectivity index (χ2n) is 5.13. The molecule has 17 heavy (non-hydrogen) atoms. The smallest absolute Gasteiger partial charge is 0.165 e. The lowest BCUT2D eigenvalue weighted by atomic mass is 9.87. The van der Waals surface area contributed by atoms with Gasteiger partial charge >= 0.3 is 0 Å². The molecule has 0 aliphatic heterocycles. The first kappa shape index (κ1) is 10.8. The topological polar surface area (TPSA) is 17.1 Å². The van der Waals surface area contributed by atoms with Crippen LogP contribution in [0.2, 0.25) is 0 Å². The summed E-state index contributed by atoms with van der Waals surface area (Å²) < 4.78 is 0. The van der Waals surface area contributed by atoms with Crippen LogP contribution in [0.4, 0.5) is 0 Å². The summed E-state index contributed by atoms with van der Waals surface area (Å²) in [6.45, 7) is 0. The Hall–Kier alpha value is -1.37. The molecular formula is C16H18O. The van der Waals surface area contributed by atoms with Gasteiger partial charge in [-0.25, -0.2) is 0 Å². The number of rotatable bonds is 2. The molecule has 0 radical (unpaired) electrons. The van der Waals surface area contributed by atoms with Crippen molar-refractivity contribution >= 4 is 5.78 Å². The number of hydrogen-bond acceptors (Lipinski definition) is 1. The van der Waals surface area contributed by atoms with Gasteiger partial charge in [-0.3, -0.25) is 4.79 Å². The number of hydrogen-bond donors (Lipinski definition) is 0. The van der Waals surface area contributed by atoms with E-state index in [1.54, 1.807) is 0 Å². The van der Waals surface area contributed by atoms with Crippen LogP contribution >= 0.6 is 0 Å². The van der Waals surface area contributed by atoms with Gasteiger partial charge in [0.05, 0.1) is 0 Å². The molecule has 1 aromatic carbocycles. The Morgan fingerprint density at radius 3 is 2.82 bits per heavy atom. The summed E-state index contributed by atoms with van der Waals surface area (Å²) in [6.07, 6.45) is 8.78. The zero-order chi connectivity index (χ0) is 11.7. The van der Waals surface area contributed by atoms with Gasteiger partial charge in [0, 0.05) is 5.92 Å². The van der Waals surface area contributed by atoms with Gasteiger partial charge in [0.25, 0.3) is 0 Å². The van der Waals surface area contributed by atoms with Gasteiger partial charge in [0.1, 0.15) is 0 Å². The molecule has 3 rings (SSSR count). The molecule has 0 saturated carbocycles. The third-order valence-corrected chi connectivity index (χ3v) is 4.06. The lowest BCUT2D eigenvalue weighted by molar-refractivity contribution is -0.117. The summed E-state index contributed by atoms with van der Waals surface area (Å²) in [4.78, 5) is 12.5. The Kier molecular flexibility index (Phi) is 2.84. The van der Waals surface area contributed by atoms with Crippen LogP contribution in [0.1, 0.15) is 49.1 Å². The number of carbonyl (C=O) groups excluding carboxylic acids is 1. The summed E-state index contributed by atoms with van der Waals surface area (Å²) in [5, 5.41) is 0. The molecule has 1 heteroatoms. The quantitative estimate of drug-likeness (QED) is 0.750. The fraction of sp³-hybridized carbons (Fsp3) is 0.438. The Balaban J connectivity index is 1.87. The van der Waals surface area contributed by atoms with Gasteiger partial charge in [0.15, 0.2) is 5.78 Å². The van der Waals surface area contributed by atoms with E-state index < -0.39 is 0 Å². The molecule has 0 fully saturated rings. The van der Waals surface area contributed by atoms with Crippen LogP contribution in [0.25, 0.3) is 0 Å². The predicted molar refractivity (Wildman–Crippen MR) is 69.1 cm³/mol. The van der Waals surface area contributed by atoms with E-state index in [0.29, 0.717) is 5.78 Å². The molecule has 2 aliphatic rings. The molecule has 0 aromatic heterocycles. The second-order valence-corrected chi connectivity index (χ2v) is 5.13. The first-order valence-electron chi connectivity index (χ1n) is 6.67. The summed E-state index contributed by atoms with van der Waals surface area (Å²) in [6, 6.07) is 8.43. The van der Waals surface area contributed by atoms with E-state index >= 15 is 0 Å². The molecule has 0 N–H and O–H groups in total. The van der Waals surface area contributed by atoms with Crippen molar-refractivity contribution < 1.29 is 4.79 Å². The van der Waals surface area contributed by atoms with Crippen LogP contribution in [0, 0.1) is 0 Å². The highest BCUT2D eigenvalue weighted by Gasteiger charge is 2.29. The number of fused-ring (bicyclic) bond motifs is 1. The van der Waals surface area contributed by atoms with Gasteiger partial charge < -0.3 is 0 Å². The highest BCUT2D eigenvalue weighted by atomic mass is 16.1. The third-order valence-electron chi connectivity index (χ3n) is 4.06. The zero-order valence-corrected chi connectivity index (χ0v) is 10.1. The molecule has 2 aliphatic carbocycles. The van der Waals surface area contributed by atoms with Gasteiger partial charge in [-0.1, -0.05) is 30.3 Å². The minimum atomic E-state index is 0.149. The van der Waals surface area contributed by atoms with E-state index in [1.807, 2.05) is 0 Å². The lowest BCUT2D eigenvalue weighted by Crippen LogP contribution is -2.14. The van der Waals surface area contributed by atoms with E-state index in [2.05, 4.69) is 30.3 Å². The number of benzene rings is 1. The molecule has 1 unspecified atom stereocenters. The predicted octanol–water partition coefficient (Wildman–Crippen LogP) is 3.79. The molecular weight excluding hydrogens is 208 g/mol. The van der Waals surface area contributed by atoms with Crippen LogP contribution in [0.5, 0.6) is 0 Å². The van der Waals surface area contributed by atoms with Crippen molar-refractivity contribution in [2.45, 2.75) is 44.4 Å². The molecule has 0 bridgehead atoms. The van der Waals surface area contributed by atoms with Crippen molar-refractivity contribution in [2.24, 2.45) is 0 Å². The van der Waals surface area contributed by atoms with Crippen LogP contribution in [0.3, 0.4) is 0 Å². The van der Waals surface area contributed by atoms with Crippen molar-refractivity contribution in [2.75, 3.05) is 0 Å². The van der Waals surface area contributed by atoms with E-state index in [4.69, 9.17) is 0 Å². The van der Waals surface area contributed by atoms with Crippen LogP contribution in [-0.2, 0) is 11.2 Å². The molecule has 0 heterocycles. The highest BCUT2D eigenvalue weighted by Crippen LogP contribution is 2.36. The molecule has 1 aromatic rings. The van der Waals surface area contributed by atoms with E-state index in [-0.39, 0.29) is 5.92 Å². The van der Waals surface area contributed by atoms with Gasteiger partial charge in [-0.15, -0.1) is 0 Å². The molecule has 88 valence electrons. The first-order valence-corrected chi connectivity index (χ1v) is 6.67. The summed E-state index contributed by atoms with van der Waals surface area (Å²) in [5.41, 5.74) is 3.75. The summed E-state index contributed by atoms with van der Waals surface area (Å²) >= 11 is 0. The van der Waals surface area contributed by atoms with Crippen molar-refractivity contribution in [3.8, 4) is 0 Å². The average Bonchev–Trinajstić information content (AvgIpc) is 2.83. The lowest BCUT2D eigenvalue weighted by Gasteiger charge is -2.16. The monoisotopic (exact) mass is 226 g/mol. The second kappa shape index (κ2) is 4.48. The van der Waals surface area contributed by atoms with E-state index in [0.717, 1.165) is 31.3 Å². The molecule has 0 amide bonds. The van der Waals surface area contributed by atoms with E-state index in [9.17, 15) is 4.79 Å². The van der Waals surface area contributed by atoms with Crippen molar-refractivity contribution in [1.29, 1.82) is 0 Å². The summed E-state index contributed by atoms with van der Waals surface area (Å²) in [7, 11) is 0. The Labute approximate surface area is 103 Å². The highest BCUT2D eigenvalue weighted by molar-refractivity contribution is 6.01. The fourth-order valence-electron chi connectivity index (χ4n) is 3.12.